The van der Waals surface area contributed by atoms with Crippen LogP contribution in [-0.2, 0) is 16.4 Å². The second-order valence-corrected chi connectivity index (χ2v) is 6.08. The van der Waals surface area contributed by atoms with Gasteiger partial charge in [-0.15, -0.1) is 0 Å². The molecule has 104 valence electrons. The number of hydrogen-bond donors (Lipinski definition) is 1. The average Bonchev–Trinajstić information content (AvgIpc) is 3.06. The zero-order valence-corrected chi connectivity index (χ0v) is 11.3. The molecular weight excluding hydrogens is 280 g/mol. The van der Waals surface area contributed by atoms with Gasteiger partial charge in [-0.05, 0) is 42.3 Å². The lowest BCUT2D eigenvalue weighted by molar-refractivity contribution is 0.0963. The summed E-state index contributed by atoms with van der Waals surface area (Å²) in [5.41, 5.74) is 1.48. The molecule has 0 bridgehead atoms. The van der Waals surface area contributed by atoms with E-state index in [0.717, 1.165) is 5.56 Å². The molecule has 0 saturated heterocycles. The van der Waals surface area contributed by atoms with E-state index in [4.69, 9.17) is 9.56 Å². The molecule has 1 aliphatic heterocycles. The quantitative estimate of drug-likeness (QED) is 0.897. The van der Waals surface area contributed by atoms with Crippen molar-refractivity contribution in [3.05, 3.63) is 47.9 Å². The minimum atomic E-state index is -3.73. The van der Waals surface area contributed by atoms with Crippen molar-refractivity contribution < 1.29 is 17.6 Å². The lowest BCUT2D eigenvalue weighted by atomic mass is 10.2. The van der Waals surface area contributed by atoms with Crippen LogP contribution in [0.5, 0.6) is 0 Å². The predicted octanol–water partition coefficient (Wildman–Crippen LogP) is 1.13. The first-order chi connectivity index (χ1) is 9.47. The Hall–Kier alpha value is -2.12. The first kappa shape index (κ1) is 12.9. The van der Waals surface area contributed by atoms with Crippen molar-refractivity contribution in [2.75, 3.05) is 11.4 Å². The number of amides is 1. The number of nitrogens with zero attached hydrogens (tertiary/aromatic N) is 1. The highest BCUT2D eigenvalue weighted by atomic mass is 32.2. The number of carbonyl (C=O) groups excluding carboxylic acids is 1. The monoisotopic (exact) mass is 292 g/mol. The molecule has 1 aliphatic rings. The van der Waals surface area contributed by atoms with E-state index in [2.05, 4.69) is 0 Å². The fraction of sp³-hybridized carbons (Fsp3) is 0.154. The number of rotatable bonds is 2. The molecule has 0 spiro atoms. The first-order valence-corrected chi connectivity index (χ1v) is 7.52. The highest BCUT2D eigenvalue weighted by Crippen LogP contribution is 2.31. The molecule has 1 aromatic carbocycles. The van der Waals surface area contributed by atoms with Crippen molar-refractivity contribution in [2.45, 2.75) is 11.3 Å². The normalized spacial score (nSPS) is 14.3. The minimum Gasteiger partial charge on any atom is -0.459 e. The van der Waals surface area contributed by atoms with Gasteiger partial charge in [0.2, 0.25) is 10.0 Å². The van der Waals surface area contributed by atoms with Crippen molar-refractivity contribution in [3.8, 4) is 0 Å². The SMILES string of the molecule is NS(=O)(=O)c1ccc2c(c1)CCN2C(=O)c1ccco1. The summed E-state index contributed by atoms with van der Waals surface area (Å²) in [4.78, 5) is 13.9. The number of benzene rings is 1. The van der Waals surface area contributed by atoms with E-state index in [1.54, 1.807) is 23.1 Å². The summed E-state index contributed by atoms with van der Waals surface area (Å²) < 4.78 is 27.7. The number of anilines is 1. The molecule has 2 N–H and O–H groups in total. The molecule has 2 heterocycles. The fourth-order valence-electron chi connectivity index (χ4n) is 2.30. The van der Waals surface area contributed by atoms with Crippen LogP contribution in [0.25, 0.3) is 0 Å². The smallest absolute Gasteiger partial charge is 0.293 e. The number of hydrogen-bond acceptors (Lipinski definition) is 4. The maximum Gasteiger partial charge on any atom is 0.293 e. The van der Waals surface area contributed by atoms with Gasteiger partial charge in [0, 0.05) is 12.2 Å². The molecule has 1 aromatic heterocycles. The van der Waals surface area contributed by atoms with Gasteiger partial charge in [-0.3, -0.25) is 4.79 Å². The van der Waals surface area contributed by atoms with Crippen LogP contribution in [0.4, 0.5) is 5.69 Å². The van der Waals surface area contributed by atoms with Gasteiger partial charge in [0.05, 0.1) is 11.2 Å². The summed E-state index contributed by atoms with van der Waals surface area (Å²) in [6, 6.07) is 7.76. The Labute approximate surface area is 115 Å². The Bertz CT molecular complexity index is 766. The number of carbonyl (C=O) groups is 1. The summed E-state index contributed by atoms with van der Waals surface area (Å²) >= 11 is 0. The van der Waals surface area contributed by atoms with E-state index in [1.165, 1.54) is 18.4 Å². The van der Waals surface area contributed by atoms with Crippen LogP contribution in [0.1, 0.15) is 16.1 Å². The molecule has 6 nitrogen and oxygen atoms in total. The molecule has 3 rings (SSSR count). The van der Waals surface area contributed by atoms with Gasteiger partial charge in [-0.25, -0.2) is 13.6 Å². The Morgan fingerprint density at radius 1 is 1.30 bits per heavy atom. The van der Waals surface area contributed by atoms with E-state index < -0.39 is 10.0 Å². The lowest BCUT2D eigenvalue weighted by Gasteiger charge is -2.15. The Kier molecular flexibility index (Phi) is 2.88. The van der Waals surface area contributed by atoms with Crippen LogP contribution in [0.2, 0.25) is 0 Å². The molecule has 0 saturated carbocycles. The third-order valence-corrected chi connectivity index (χ3v) is 4.16. The Balaban J connectivity index is 1.98. The molecule has 0 unspecified atom stereocenters. The zero-order valence-electron chi connectivity index (χ0n) is 10.4. The van der Waals surface area contributed by atoms with Crippen LogP contribution in [-0.4, -0.2) is 20.9 Å². The van der Waals surface area contributed by atoms with Gasteiger partial charge in [-0.2, -0.15) is 0 Å². The van der Waals surface area contributed by atoms with Crippen LogP contribution < -0.4 is 10.0 Å². The number of nitrogens with two attached hydrogens (primary N) is 1. The van der Waals surface area contributed by atoms with E-state index in [0.29, 0.717) is 18.7 Å². The average molecular weight is 292 g/mol. The van der Waals surface area contributed by atoms with Crippen molar-refractivity contribution >= 4 is 21.6 Å². The van der Waals surface area contributed by atoms with Gasteiger partial charge in [-0.1, -0.05) is 0 Å². The summed E-state index contributed by atoms with van der Waals surface area (Å²) in [5.74, 6) is 0.0190. The zero-order chi connectivity index (χ0) is 14.3. The van der Waals surface area contributed by atoms with Crippen molar-refractivity contribution in [1.82, 2.24) is 0 Å². The molecule has 7 heteroatoms. The minimum absolute atomic E-state index is 0.0588. The lowest BCUT2D eigenvalue weighted by Crippen LogP contribution is -2.28. The van der Waals surface area contributed by atoms with Crippen LogP contribution in [0.3, 0.4) is 0 Å². The van der Waals surface area contributed by atoms with E-state index in [1.807, 2.05) is 0 Å². The number of fused-ring (bicyclic) bond motifs is 1. The molecule has 0 aliphatic carbocycles. The largest absolute Gasteiger partial charge is 0.459 e. The fourth-order valence-corrected chi connectivity index (χ4v) is 2.86. The van der Waals surface area contributed by atoms with E-state index in [9.17, 15) is 13.2 Å². The van der Waals surface area contributed by atoms with Gasteiger partial charge in [0.15, 0.2) is 5.76 Å². The third-order valence-electron chi connectivity index (χ3n) is 3.25. The van der Waals surface area contributed by atoms with Crippen molar-refractivity contribution in [3.63, 3.8) is 0 Å². The standard InChI is InChI=1S/C13H12N2O4S/c14-20(17,18)10-3-4-11-9(8-10)5-6-15(11)13(16)12-2-1-7-19-12/h1-4,7-8H,5-6H2,(H2,14,17,18). The third kappa shape index (κ3) is 2.10. The summed E-state index contributed by atoms with van der Waals surface area (Å²) in [6.07, 6.45) is 2.03. The van der Waals surface area contributed by atoms with Crippen LogP contribution >= 0.6 is 0 Å². The van der Waals surface area contributed by atoms with Gasteiger partial charge in [0.25, 0.3) is 5.91 Å². The maximum atomic E-state index is 12.2. The van der Waals surface area contributed by atoms with Gasteiger partial charge < -0.3 is 9.32 Å². The summed E-state index contributed by atoms with van der Waals surface area (Å²) in [5, 5.41) is 5.10. The van der Waals surface area contributed by atoms with Crippen LogP contribution in [0.15, 0.2) is 45.9 Å². The highest BCUT2D eigenvalue weighted by molar-refractivity contribution is 7.89. The van der Waals surface area contributed by atoms with Crippen molar-refractivity contribution in [1.29, 1.82) is 0 Å². The Morgan fingerprint density at radius 3 is 2.75 bits per heavy atom. The Morgan fingerprint density at radius 2 is 2.10 bits per heavy atom. The van der Waals surface area contributed by atoms with Gasteiger partial charge in [0.1, 0.15) is 0 Å². The molecule has 0 radical (unpaired) electrons. The predicted molar refractivity (Wildman–Crippen MR) is 71.9 cm³/mol. The second kappa shape index (κ2) is 4.46. The van der Waals surface area contributed by atoms with Crippen molar-refractivity contribution in [2.24, 2.45) is 5.14 Å². The number of sulfonamides is 1. The summed E-state index contributed by atoms with van der Waals surface area (Å²) in [6.45, 7) is 0.489. The molecule has 20 heavy (non-hydrogen) atoms. The molecule has 0 atom stereocenters. The van der Waals surface area contributed by atoms with E-state index >= 15 is 0 Å². The van der Waals surface area contributed by atoms with Gasteiger partial charge >= 0.3 is 0 Å². The number of furan rings is 1. The maximum absolute atomic E-state index is 12.2. The van der Waals surface area contributed by atoms with E-state index in [-0.39, 0.29) is 16.6 Å². The first-order valence-electron chi connectivity index (χ1n) is 5.98. The molecule has 2 aromatic rings. The molecule has 1 amide bonds. The van der Waals surface area contributed by atoms with Crippen LogP contribution in [0, 0.1) is 0 Å². The highest BCUT2D eigenvalue weighted by Gasteiger charge is 2.28. The topological polar surface area (TPSA) is 93.6 Å². The molecular formula is C13H12N2O4S. The molecule has 0 fully saturated rings. The number of primary sulfonamides is 1. The second-order valence-electron chi connectivity index (χ2n) is 4.52. The summed E-state index contributed by atoms with van der Waals surface area (Å²) in [7, 11) is -3.73.